The molecule has 1 unspecified atom stereocenters. The highest BCUT2D eigenvalue weighted by Gasteiger charge is 2.13. The molecule has 0 aliphatic heterocycles. The number of benzene rings is 1. The number of aromatic hydroxyl groups is 1. The third-order valence-electron chi connectivity index (χ3n) is 3.75. The summed E-state index contributed by atoms with van der Waals surface area (Å²) in [6, 6.07) is 7.05. The fourth-order valence-corrected chi connectivity index (χ4v) is 2.16. The van der Waals surface area contributed by atoms with Gasteiger partial charge < -0.3 is 31.8 Å². The van der Waals surface area contributed by atoms with Crippen LogP contribution < -0.4 is 27.6 Å². The number of hydrogen-bond donors (Lipinski definition) is 6. The third kappa shape index (κ3) is 7.32. The van der Waals surface area contributed by atoms with Crippen molar-refractivity contribution in [3.05, 3.63) is 41.7 Å². The molecule has 1 aromatic rings. The van der Waals surface area contributed by atoms with Crippen LogP contribution in [0.3, 0.4) is 0 Å². The van der Waals surface area contributed by atoms with Crippen LogP contribution in [0.4, 0.5) is 4.79 Å². The number of carbonyl (C=O) groups excluding carboxylic acids is 1. The third-order valence-corrected chi connectivity index (χ3v) is 3.75. The summed E-state index contributed by atoms with van der Waals surface area (Å²) < 4.78 is 0. The molecule has 1 rings (SSSR count). The van der Waals surface area contributed by atoms with Gasteiger partial charge in [-0.1, -0.05) is 12.1 Å². The summed E-state index contributed by atoms with van der Waals surface area (Å²) in [5.74, 6) is 5.56. The summed E-state index contributed by atoms with van der Waals surface area (Å²) in [6.07, 6.45) is 3.00. The van der Waals surface area contributed by atoms with Gasteiger partial charge in [0.05, 0.1) is 5.70 Å². The van der Waals surface area contributed by atoms with Crippen LogP contribution >= 0.6 is 0 Å². The summed E-state index contributed by atoms with van der Waals surface area (Å²) in [6.45, 7) is 0.995. The lowest BCUT2D eigenvalue weighted by Crippen LogP contribution is -2.46. The maximum Gasteiger partial charge on any atom is 0.314 e. The van der Waals surface area contributed by atoms with E-state index in [1.807, 2.05) is 26.2 Å². The Labute approximate surface area is 142 Å². The van der Waals surface area contributed by atoms with Gasteiger partial charge >= 0.3 is 6.03 Å². The van der Waals surface area contributed by atoms with Crippen molar-refractivity contribution in [1.29, 1.82) is 0 Å². The Kier molecular flexibility index (Phi) is 8.63. The number of carbonyl (C=O) groups is 1. The minimum atomic E-state index is -0.215. The molecule has 0 radical (unpaired) electrons. The Balaban J connectivity index is 2.40. The zero-order valence-corrected chi connectivity index (χ0v) is 14.4. The number of phenolic OH excluding ortho intramolecular Hbond substituents is 1. The summed E-state index contributed by atoms with van der Waals surface area (Å²) in [4.78, 5) is 13.9. The summed E-state index contributed by atoms with van der Waals surface area (Å²) in [5, 5.41) is 15.0. The Morgan fingerprint density at radius 2 is 2.00 bits per heavy atom. The van der Waals surface area contributed by atoms with E-state index in [0.29, 0.717) is 19.5 Å². The molecule has 8 nitrogen and oxygen atoms in total. The molecule has 0 spiro atoms. The first-order chi connectivity index (χ1) is 11.5. The molecule has 0 saturated heterocycles. The SMILES string of the molecule is CN(C)C(CNC(=O)NCCC(=C[NH3+])NN)Cc1ccc(O)cc1. The summed E-state index contributed by atoms with van der Waals surface area (Å²) in [5.41, 5.74) is 8.03. The normalized spacial score (nSPS) is 12.8. The van der Waals surface area contributed by atoms with E-state index < -0.39 is 0 Å². The molecule has 24 heavy (non-hydrogen) atoms. The number of amides is 2. The number of quaternary nitrogens is 1. The predicted octanol–water partition coefficient (Wildman–Crippen LogP) is -0.899. The lowest BCUT2D eigenvalue weighted by Gasteiger charge is -2.25. The van der Waals surface area contributed by atoms with Crippen molar-refractivity contribution in [2.24, 2.45) is 5.84 Å². The van der Waals surface area contributed by atoms with Gasteiger partial charge in [0.25, 0.3) is 0 Å². The number of nitrogens with zero attached hydrogens (tertiary/aromatic N) is 1. The number of hydrazine groups is 1. The van der Waals surface area contributed by atoms with Crippen LogP contribution in [-0.4, -0.2) is 49.3 Å². The number of rotatable bonds is 9. The molecule has 1 atom stereocenters. The Bertz CT molecular complexity index is 530. The van der Waals surface area contributed by atoms with E-state index >= 15 is 0 Å². The van der Waals surface area contributed by atoms with Crippen LogP contribution in [0.25, 0.3) is 0 Å². The van der Waals surface area contributed by atoms with Gasteiger partial charge in [-0.2, -0.15) is 0 Å². The van der Waals surface area contributed by atoms with Gasteiger partial charge in [-0.3, -0.25) is 5.84 Å². The minimum Gasteiger partial charge on any atom is -0.508 e. The topological polar surface area (TPSA) is 130 Å². The maximum absolute atomic E-state index is 11.9. The highest BCUT2D eigenvalue weighted by Crippen LogP contribution is 2.12. The van der Waals surface area contributed by atoms with E-state index in [1.165, 1.54) is 0 Å². The number of nitrogens with one attached hydrogen (secondary N) is 3. The highest BCUT2D eigenvalue weighted by atomic mass is 16.3. The van der Waals surface area contributed by atoms with Gasteiger partial charge in [0.1, 0.15) is 11.9 Å². The Morgan fingerprint density at radius 3 is 2.54 bits per heavy atom. The second-order valence-corrected chi connectivity index (χ2v) is 5.75. The quantitative estimate of drug-likeness (QED) is 0.257. The number of nitrogens with two attached hydrogens (primary N) is 1. The second-order valence-electron chi connectivity index (χ2n) is 5.75. The highest BCUT2D eigenvalue weighted by molar-refractivity contribution is 5.73. The van der Waals surface area contributed by atoms with Crippen molar-refractivity contribution < 1.29 is 15.6 Å². The molecular formula is C16H29N6O2+. The molecule has 2 amide bonds. The lowest BCUT2D eigenvalue weighted by atomic mass is 10.1. The monoisotopic (exact) mass is 337 g/mol. The second kappa shape index (κ2) is 10.5. The van der Waals surface area contributed by atoms with E-state index in [9.17, 15) is 9.90 Å². The first kappa shape index (κ1) is 19.8. The molecule has 0 saturated carbocycles. The lowest BCUT2D eigenvalue weighted by molar-refractivity contribution is -0.276. The fourth-order valence-electron chi connectivity index (χ4n) is 2.16. The zero-order chi connectivity index (χ0) is 17.9. The number of urea groups is 1. The molecule has 0 aliphatic carbocycles. The van der Waals surface area contributed by atoms with Crippen LogP contribution in [-0.2, 0) is 6.42 Å². The average Bonchev–Trinajstić information content (AvgIpc) is 2.57. The van der Waals surface area contributed by atoms with E-state index in [2.05, 4.69) is 26.7 Å². The average molecular weight is 337 g/mol. The van der Waals surface area contributed by atoms with E-state index in [4.69, 9.17) is 5.84 Å². The van der Waals surface area contributed by atoms with Crippen molar-refractivity contribution in [1.82, 2.24) is 21.0 Å². The molecule has 0 fully saturated rings. The number of likely N-dealkylation sites (N-methyl/N-ethyl adjacent to an activating group) is 1. The molecule has 0 aromatic heterocycles. The van der Waals surface area contributed by atoms with Gasteiger partial charge in [0.15, 0.2) is 0 Å². The Morgan fingerprint density at radius 1 is 1.33 bits per heavy atom. The van der Waals surface area contributed by atoms with E-state index in [0.717, 1.165) is 17.7 Å². The maximum atomic E-state index is 11.9. The largest absolute Gasteiger partial charge is 0.508 e. The number of phenols is 1. The fraction of sp³-hybridized carbons (Fsp3) is 0.438. The predicted molar refractivity (Wildman–Crippen MR) is 93.6 cm³/mol. The summed E-state index contributed by atoms with van der Waals surface area (Å²) >= 11 is 0. The first-order valence-corrected chi connectivity index (χ1v) is 7.87. The minimum absolute atomic E-state index is 0.154. The smallest absolute Gasteiger partial charge is 0.314 e. The van der Waals surface area contributed by atoms with Crippen molar-refractivity contribution in [3.8, 4) is 5.75 Å². The van der Waals surface area contributed by atoms with Crippen LogP contribution in [0.15, 0.2) is 36.2 Å². The van der Waals surface area contributed by atoms with Gasteiger partial charge in [-0.05, 0) is 38.2 Å². The molecule has 0 aliphatic rings. The summed E-state index contributed by atoms with van der Waals surface area (Å²) in [7, 11) is 3.95. The first-order valence-electron chi connectivity index (χ1n) is 7.87. The van der Waals surface area contributed by atoms with Gasteiger partial charge in [0, 0.05) is 25.6 Å². The molecule has 1 aromatic carbocycles. The van der Waals surface area contributed by atoms with E-state index in [1.54, 1.807) is 18.3 Å². The molecule has 134 valence electrons. The molecule has 0 bridgehead atoms. The van der Waals surface area contributed by atoms with Gasteiger partial charge in [-0.15, -0.1) is 0 Å². The van der Waals surface area contributed by atoms with Crippen LogP contribution in [0.1, 0.15) is 12.0 Å². The van der Waals surface area contributed by atoms with Crippen LogP contribution in [0, 0.1) is 0 Å². The van der Waals surface area contributed by atoms with Crippen molar-refractivity contribution in [2.75, 3.05) is 27.2 Å². The van der Waals surface area contributed by atoms with Crippen molar-refractivity contribution in [3.63, 3.8) is 0 Å². The van der Waals surface area contributed by atoms with E-state index in [-0.39, 0.29) is 17.8 Å². The zero-order valence-electron chi connectivity index (χ0n) is 14.4. The molecule has 0 heterocycles. The van der Waals surface area contributed by atoms with Crippen LogP contribution in [0.2, 0.25) is 0 Å². The van der Waals surface area contributed by atoms with Gasteiger partial charge in [-0.25, -0.2) is 4.79 Å². The molecule has 8 heteroatoms. The molecular weight excluding hydrogens is 308 g/mol. The van der Waals surface area contributed by atoms with Crippen LogP contribution in [0.5, 0.6) is 5.75 Å². The Hall–Kier alpha value is -2.29. The molecule has 9 N–H and O–H groups in total. The van der Waals surface area contributed by atoms with Crippen molar-refractivity contribution >= 4 is 6.03 Å². The number of hydrogen-bond acceptors (Lipinski definition) is 5. The van der Waals surface area contributed by atoms with Gasteiger partial charge in [0.2, 0.25) is 0 Å². The van der Waals surface area contributed by atoms with Crippen molar-refractivity contribution in [2.45, 2.75) is 18.9 Å². The standard InChI is InChI=1S/C16H28N6O2/c1-22(2)14(9-12-3-5-15(23)6-4-12)11-20-16(24)19-8-7-13(10-17)21-18/h3-6,10,14,21,23H,7-9,11,17-18H2,1-2H3,(H2,19,20,24)/p+1.